The van der Waals surface area contributed by atoms with Gasteiger partial charge < -0.3 is 9.64 Å². The molecule has 2 aromatic carbocycles. The molecule has 168 valence electrons. The lowest BCUT2D eigenvalue weighted by Gasteiger charge is -2.30. The fourth-order valence-electron chi connectivity index (χ4n) is 3.33. The molecule has 8 nitrogen and oxygen atoms in total. The molecule has 0 saturated carbocycles. The molecule has 0 N–H and O–H groups in total. The number of hydrogen-bond acceptors (Lipinski definition) is 6. The SMILES string of the molecule is COC(=O)C(C)n1nnc(C2=CC(c3ccc(Cl)cc3)N(C(=O)c3ccc(Cl)cc3)C=C2)n1. The van der Waals surface area contributed by atoms with Crippen LogP contribution in [0.3, 0.4) is 0 Å². The summed E-state index contributed by atoms with van der Waals surface area (Å²) in [5, 5.41) is 13.5. The lowest BCUT2D eigenvalue weighted by atomic mass is 9.98. The second kappa shape index (κ2) is 9.56. The zero-order chi connectivity index (χ0) is 23.5. The summed E-state index contributed by atoms with van der Waals surface area (Å²) in [6.07, 6.45) is 5.27. The van der Waals surface area contributed by atoms with Crippen molar-refractivity contribution in [3.8, 4) is 0 Å². The van der Waals surface area contributed by atoms with Gasteiger partial charge in [-0.25, -0.2) is 4.79 Å². The number of tetrazole rings is 1. The molecule has 0 saturated heterocycles. The van der Waals surface area contributed by atoms with E-state index in [1.165, 1.54) is 11.9 Å². The summed E-state index contributed by atoms with van der Waals surface area (Å²) in [5.41, 5.74) is 1.99. The molecule has 0 radical (unpaired) electrons. The summed E-state index contributed by atoms with van der Waals surface area (Å²) in [6.45, 7) is 1.62. The first-order valence-electron chi connectivity index (χ1n) is 9.99. The van der Waals surface area contributed by atoms with Crippen LogP contribution in [0.2, 0.25) is 10.0 Å². The summed E-state index contributed by atoms with van der Waals surface area (Å²) < 4.78 is 4.74. The summed E-state index contributed by atoms with van der Waals surface area (Å²) >= 11 is 12.0. The van der Waals surface area contributed by atoms with Crippen LogP contribution in [0.1, 0.15) is 40.8 Å². The molecule has 1 amide bonds. The van der Waals surface area contributed by atoms with Crippen LogP contribution < -0.4 is 0 Å². The van der Waals surface area contributed by atoms with Crippen molar-refractivity contribution in [3.63, 3.8) is 0 Å². The van der Waals surface area contributed by atoms with Crippen LogP contribution in [-0.2, 0) is 9.53 Å². The predicted octanol–water partition coefficient (Wildman–Crippen LogP) is 4.51. The smallest absolute Gasteiger partial charge is 0.332 e. The number of halogens is 2. The molecule has 1 aliphatic heterocycles. The lowest BCUT2D eigenvalue weighted by molar-refractivity contribution is -0.144. The molecule has 0 aliphatic carbocycles. The maximum absolute atomic E-state index is 13.3. The highest BCUT2D eigenvalue weighted by Gasteiger charge is 2.28. The number of nitrogens with zero attached hydrogens (tertiary/aromatic N) is 5. The van der Waals surface area contributed by atoms with Gasteiger partial charge in [-0.3, -0.25) is 4.79 Å². The Kier molecular flexibility index (Phi) is 6.57. The average Bonchev–Trinajstić information content (AvgIpc) is 3.33. The van der Waals surface area contributed by atoms with Gasteiger partial charge in [0.1, 0.15) is 0 Å². The molecule has 1 aliphatic rings. The van der Waals surface area contributed by atoms with E-state index in [0.29, 0.717) is 27.0 Å². The molecule has 10 heteroatoms. The van der Waals surface area contributed by atoms with E-state index in [1.54, 1.807) is 60.5 Å². The molecular formula is C23H19Cl2N5O3. The largest absolute Gasteiger partial charge is 0.467 e. The third-order valence-electron chi connectivity index (χ3n) is 5.16. The molecule has 0 bridgehead atoms. The van der Waals surface area contributed by atoms with Crippen LogP contribution in [0.25, 0.3) is 5.57 Å². The quantitative estimate of drug-likeness (QED) is 0.495. The number of allylic oxidation sites excluding steroid dienone is 2. The van der Waals surface area contributed by atoms with Crippen LogP contribution in [-0.4, -0.2) is 44.1 Å². The van der Waals surface area contributed by atoms with Gasteiger partial charge in [-0.2, -0.15) is 0 Å². The van der Waals surface area contributed by atoms with Crippen molar-refractivity contribution in [1.82, 2.24) is 25.1 Å². The topological polar surface area (TPSA) is 90.2 Å². The predicted molar refractivity (Wildman–Crippen MR) is 123 cm³/mol. The van der Waals surface area contributed by atoms with Crippen molar-refractivity contribution < 1.29 is 14.3 Å². The monoisotopic (exact) mass is 483 g/mol. The highest BCUT2D eigenvalue weighted by Crippen LogP contribution is 2.33. The third-order valence-corrected chi connectivity index (χ3v) is 5.67. The Labute approximate surface area is 200 Å². The number of rotatable bonds is 5. The highest BCUT2D eigenvalue weighted by molar-refractivity contribution is 6.30. The fraction of sp³-hybridized carbons (Fsp3) is 0.174. The van der Waals surface area contributed by atoms with E-state index in [-0.39, 0.29) is 5.91 Å². The van der Waals surface area contributed by atoms with Crippen LogP contribution in [0.4, 0.5) is 0 Å². The Morgan fingerprint density at radius 1 is 1.03 bits per heavy atom. The van der Waals surface area contributed by atoms with E-state index in [2.05, 4.69) is 15.4 Å². The van der Waals surface area contributed by atoms with Crippen molar-refractivity contribution in [2.24, 2.45) is 0 Å². The summed E-state index contributed by atoms with van der Waals surface area (Å²) in [6, 6.07) is 12.8. The van der Waals surface area contributed by atoms with E-state index in [0.717, 1.165) is 5.56 Å². The summed E-state index contributed by atoms with van der Waals surface area (Å²) in [7, 11) is 1.30. The number of esters is 1. The molecular weight excluding hydrogens is 465 g/mol. The molecule has 33 heavy (non-hydrogen) atoms. The van der Waals surface area contributed by atoms with Gasteiger partial charge in [-0.15, -0.1) is 15.0 Å². The Hall–Kier alpha value is -3.49. The van der Waals surface area contributed by atoms with Crippen LogP contribution in [0.5, 0.6) is 0 Å². The molecule has 2 heterocycles. The Morgan fingerprint density at radius 3 is 2.30 bits per heavy atom. The third kappa shape index (κ3) is 4.81. The molecule has 0 spiro atoms. The number of carbonyl (C=O) groups excluding carboxylic acids is 2. The summed E-state index contributed by atoms with van der Waals surface area (Å²) in [5.74, 6) is -0.362. The number of aromatic nitrogens is 4. The first-order chi connectivity index (χ1) is 15.9. The molecule has 2 unspecified atom stereocenters. The minimum atomic E-state index is -0.723. The number of ether oxygens (including phenoxy) is 1. The van der Waals surface area contributed by atoms with Crippen LogP contribution in [0.15, 0.2) is 66.9 Å². The summed E-state index contributed by atoms with van der Waals surface area (Å²) in [4.78, 5) is 27.9. The van der Waals surface area contributed by atoms with Gasteiger partial charge in [0.25, 0.3) is 5.91 Å². The number of amides is 1. The van der Waals surface area contributed by atoms with Gasteiger partial charge in [-0.05, 0) is 66.3 Å². The van der Waals surface area contributed by atoms with Gasteiger partial charge in [-0.1, -0.05) is 35.3 Å². The van der Waals surface area contributed by atoms with Gasteiger partial charge in [0.15, 0.2) is 6.04 Å². The average molecular weight is 484 g/mol. The number of methoxy groups -OCH3 is 1. The second-order valence-corrected chi connectivity index (χ2v) is 8.16. The zero-order valence-electron chi connectivity index (χ0n) is 17.7. The maximum Gasteiger partial charge on any atom is 0.332 e. The van der Waals surface area contributed by atoms with Gasteiger partial charge in [0.2, 0.25) is 5.82 Å². The lowest BCUT2D eigenvalue weighted by Crippen LogP contribution is -2.31. The second-order valence-electron chi connectivity index (χ2n) is 7.29. The Morgan fingerprint density at radius 2 is 1.67 bits per heavy atom. The zero-order valence-corrected chi connectivity index (χ0v) is 19.2. The van der Waals surface area contributed by atoms with Crippen molar-refractivity contribution in [2.45, 2.75) is 19.0 Å². The van der Waals surface area contributed by atoms with E-state index in [9.17, 15) is 9.59 Å². The minimum absolute atomic E-state index is 0.200. The van der Waals surface area contributed by atoms with Crippen molar-refractivity contribution in [1.29, 1.82) is 0 Å². The van der Waals surface area contributed by atoms with E-state index < -0.39 is 18.1 Å². The van der Waals surface area contributed by atoms with Crippen molar-refractivity contribution in [2.75, 3.05) is 7.11 Å². The molecule has 1 aromatic heterocycles. The van der Waals surface area contributed by atoms with E-state index in [4.69, 9.17) is 27.9 Å². The minimum Gasteiger partial charge on any atom is -0.467 e. The normalized spacial score (nSPS) is 16.3. The number of carbonyl (C=O) groups is 2. The number of hydrogen-bond donors (Lipinski definition) is 0. The molecule has 4 rings (SSSR count). The van der Waals surface area contributed by atoms with Crippen LogP contribution >= 0.6 is 23.2 Å². The van der Waals surface area contributed by atoms with Gasteiger partial charge in [0.05, 0.1) is 13.2 Å². The Bertz CT molecular complexity index is 1240. The van der Waals surface area contributed by atoms with Crippen molar-refractivity contribution >= 4 is 40.7 Å². The molecule has 2 atom stereocenters. The molecule has 3 aromatic rings. The standard InChI is InChI=1S/C23H19Cl2N5O3/c1-14(23(32)33-2)30-27-21(26-28-30)17-11-12-29(22(31)16-5-9-19(25)10-6-16)20(13-17)15-3-7-18(24)8-4-15/h3-14,20H,1-2H3. The van der Waals surface area contributed by atoms with Crippen LogP contribution in [0, 0.1) is 0 Å². The van der Waals surface area contributed by atoms with Gasteiger partial charge >= 0.3 is 5.97 Å². The van der Waals surface area contributed by atoms with Gasteiger partial charge in [0, 0.05) is 27.4 Å². The van der Waals surface area contributed by atoms with Crippen molar-refractivity contribution in [3.05, 3.63) is 93.9 Å². The first-order valence-corrected chi connectivity index (χ1v) is 10.7. The van der Waals surface area contributed by atoms with E-state index in [1.807, 2.05) is 18.2 Å². The maximum atomic E-state index is 13.3. The Balaban J connectivity index is 1.69. The molecule has 0 fully saturated rings. The highest BCUT2D eigenvalue weighted by atomic mass is 35.5. The van der Waals surface area contributed by atoms with E-state index >= 15 is 0 Å². The fourth-order valence-corrected chi connectivity index (χ4v) is 3.58. The number of benzene rings is 2. The first kappa shape index (κ1) is 22.7.